The lowest BCUT2D eigenvalue weighted by molar-refractivity contribution is -0.870. The number of allylic oxidation sites excluding steroid dienone is 9. The predicted octanol–water partition coefficient (Wildman–Crippen LogP) is 12.0. The first-order chi connectivity index (χ1) is 27.0. The summed E-state index contributed by atoms with van der Waals surface area (Å²) >= 11 is 0. The molecule has 0 bridgehead atoms. The number of amides is 1. The summed E-state index contributed by atoms with van der Waals surface area (Å²) in [6.07, 6.45) is 49.8. The normalized spacial score (nSPS) is 14.9. The molecule has 9 heteroatoms. The minimum Gasteiger partial charge on any atom is -0.756 e. The smallest absolute Gasteiger partial charge is 0.268 e. The molecule has 8 nitrogen and oxygen atoms in total. The van der Waals surface area contributed by atoms with Crippen molar-refractivity contribution in [1.29, 1.82) is 0 Å². The van der Waals surface area contributed by atoms with Crippen LogP contribution in [0.2, 0.25) is 0 Å². The van der Waals surface area contributed by atoms with Crippen molar-refractivity contribution in [1.82, 2.24) is 5.32 Å². The van der Waals surface area contributed by atoms with Crippen molar-refractivity contribution in [3.63, 3.8) is 0 Å². The fraction of sp³-hybridized carbons (Fsp3) is 0.766. The minimum absolute atomic E-state index is 0.0120. The molecule has 0 aromatic heterocycles. The number of nitrogens with one attached hydrogen (secondary N) is 1. The van der Waals surface area contributed by atoms with Gasteiger partial charge in [0.2, 0.25) is 5.91 Å². The molecule has 0 aromatic rings. The van der Waals surface area contributed by atoms with Crippen LogP contribution in [0.3, 0.4) is 0 Å². The summed E-state index contributed by atoms with van der Waals surface area (Å²) in [6.45, 7) is 4.56. The van der Waals surface area contributed by atoms with Crippen molar-refractivity contribution in [3.05, 3.63) is 60.8 Å². The number of nitrogens with zero attached hydrogens (tertiary/aromatic N) is 1. The van der Waals surface area contributed by atoms with Gasteiger partial charge in [0.1, 0.15) is 13.2 Å². The molecule has 0 radical (unpaired) electrons. The number of aliphatic hydroxyl groups excluding tert-OH is 1. The van der Waals surface area contributed by atoms with Gasteiger partial charge in [0.25, 0.3) is 7.82 Å². The van der Waals surface area contributed by atoms with E-state index < -0.39 is 26.6 Å². The molecule has 1 amide bonds. The maximum Gasteiger partial charge on any atom is 0.268 e. The van der Waals surface area contributed by atoms with Gasteiger partial charge in [0, 0.05) is 6.42 Å². The van der Waals surface area contributed by atoms with Crippen LogP contribution in [0.25, 0.3) is 0 Å². The number of likely N-dealkylation sites (N-methyl/N-ethyl adjacent to an activating group) is 1. The summed E-state index contributed by atoms with van der Waals surface area (Å²) in [7, 11) is 1.22. The van der Waals surface area contributed by atoms with E-state index >= 15 is 0 Å². The molecular formula is C47H87N2O6P. The van der Waals surface area contributed by atoms with E-state index in [0.29, 0.717) is 17.4 Å². The molecule has 0 saturated heterocycles. The van der Waals surface area contributed by atoms with Crippen molar-refractivity contribution in [3.8, 4) is 0 Å². The van der Waals surface area contributed by atoms with E-state index in [0.717, 1.165) is 51.4 Å². The summed E-state index contributed by atoms with van der Waals surface area (Å²) in [5.41, 5.74) is 0. The first-order valence-electron chi connectivity index (χ1n) is 22.7. The van der Waals surface area contributed by atoms with Crippen molar-refractivity contribution < 1.29 is 32.9 Å². The van der Waals surface area contributed by atoms with E-state index in [-0.39, 0.29) is 12.5 Å². The molecule has 0 rings (SSSR count). The van der Waals surface area contributed by atoms with E-state index in [2.05, 4.69) is 67.8 Å². The number of rotatable bonds is 40. The quantitative estimate of drug-likeness (QED) is 0.0276. The highest BCUT2D eigenvalue weighted by Crippen LogP contribution is 2.38. The lowest BCUT2D eigenvalue weighted by Gasteiger charge is -2.29. The van der Waals surface area contributed by atoms with Gasteiger partial charge in [-0.05, 0) is 77.0 Å². The first-order valence-corrected chi connectivity index (χ1v) is 24.1. The zero-order valence-corrected chi connectivity index (χ0v) is 37.7. The van der Waals surface area contributed by atoms with E-state index in [1.807, 2.05) is 27.2 Å². The zero-order chi connectivity index (χ0) is 41.4. The van der Waals surface area contributed by atoms with Crippen LogP contribution >= 0.6 is 7.82 Å². The summed E-state index contributed by atoms with van der Waals surface area (Å²) in [5.74, 6) is -0.219. The third-order valence-electron chi connectivity index (χ3n) is 9.68. The second-order valence-electron chi connectivity index (χ2n) is 16.4. The fourth-order valence-corrected chi connectivity index (χ4v) is 6.76. The maximum absolute atomic E-state index is 12.9. The van der Waals surface area contributed by atoms with Crippen LogP contribution in [0.4, 0.5) is 0 Å². The number of hydrogen-bond donors (Lipinski definition) is 2. The van der Waals surface area contributed by atoms with E-state index in [1.54, 1.807) is 6.08 Å². The molecule has 0 fully saturated rings. The number of carbonyl (C=O) groups excluding carboxylic acids is 1. The second-order valence-corrected chi connectivity index (χ2v) is 17.8. The Hall–Kier alpha value is -1.80. The molecule has 0 saturated carbocycles. The molecule has 3 atom stereocenters. The largest absolute Gasteiger partial charge is 0.756 e. The van der Waals surface area contributed by atoms with E-state index in [4.69, 9.17) is 9.05 Å². The van der Waals surface area contributed by atoms with Crippen molar-refractivity contribution >= 4 is 13.7 Å². The van der Waals surface area contributed by atoms with Crippen LogP contribution in [-0.4, -0.2) is 68.5 Å². The van der Waals surface area contributed by atoms with Gasteiger partial charge >= 0.3 is 0 Å². The Balaban J connectivity index is 4.47. The molecule has 0 aliphatic carbocycles. The molecule has 3 unspecified atom stereocenters. The first kappa shape index (κ1) is 54.2. The van der Waals surface area contributed by atoms with Gasteiger partial charge in [0.15, 0.2) is 0 Å². The van der Waals surface area contributed by atoms with Gasteiger partial charge < -0.3 is 28.8 Å². The molecule has 0 heterocycles. The van der Waals surface area contributed by atoms with Crippen LogP contribution in [0.15, 0.2) is 60.8 Å². The highest BCUT2D eigenvalue weighted by atomic mass is 31.2. The number of phosphoric ester groups is 1. The standard InChI is InChI=1S/C47H87N2O6P/c1-6-8-10-12-14-16-18-20-22-23-24-25-27-29-31-33-35-37-39-41-47(51)48-45(44-55-56(52,53)54-43-42-49(3,4)5)46(50)40-38-36-34-32-30-28-26-21-19-17-15-13-11-9-7-2/h14,16,19-22,30,32,38,40,45-46,50H,6-13,15,17-18,23-29,31,33-37,39,41-44H2,1-5H3,(H-,48,51,52,53)/b16-14-,21-19+,22-20-,32-30+,40-38+. The maximum atomic E-state index is 12.9. The minimum atomic E-state index is -4.60. The summed E-state index contributed by atoms with van der Waals surface area (Å²) in [5, 5.41) is 13.7. The van der Waals surface area contributed by atoms with Gasteiger partial charge in [-0.25, -0.2) is 0 Å². The second kappa shape index (κ2) is 38.7. The Bertz CT molecular complexity index is 1100. The van der Waals surface area contributed by atoms with Crippen LogP contribution in [-0.2, 0) is 18.4 Å². The highest BCUT2D eigenvalue weighted by Gasteiger charge is 2.23. The Labute approximate surface area is 345 Å². The van der Waals surface area contributed by atoms with Crippen molar-refractivity contribution in [2.75, 3.05) is 40.9 Å². The number of carbonyl (C=O) groups is 1. The van der Waals surface area contributed by atoms with Crippen LogP contribution in [0.5, 0.6) is 0 Å². The van der Waals surface area contributed by atoms with Crippen LogP contribution < -0.4 is 10.2 Å². The van der Waals surface area contributed by atoms with E-state index in [1.165, 1.54) is 109 Å². The lowest BCUT2D eigenvalue weighted by Crippen LogP contribution is -2.45. The predicted molar refractivity (Wildman–Crippen MR) is 237 cm³/mol. The summed E-state index contributed by atoms with van der Waals surface area (Å²) in [4.78, 5) is 25.3. The van der Waals surface area contributed by atoms with Crippen molar-refractivity contribution in [2.24, 2.45) is 0 Å². The molecule has 0 aromatic carbocycles. The van der Waals surface area contributed by atoms with Gasteiger partial charge in [-0.3, -0.25) is 9.36 Å². The number of unbranched alkanes of at least 4 members (excludes halogenated alkanes) is 19. The number of aliphatic hydroxyl groups is 1. The molecule has 2 N–H and O–H groups in total. The average molecular weight is 807 g/mol. The van der Waals surface area contributed by atoms with E-state index in [9.17, 15) is 19.4 Å². The third-order valence-corrected chi connectivity index (χ3v) is 10.6. The lowest BCUT2D eigenvalue weighted by atomic mass is 10.1. The highest BCUT2D eigenvalue weighted by molar-refractivity contribution is 7.45. The van der Waals surface area contributed by atoms with Crippen LogP contribution in [0.1, 0.15) is 181 Å². The number of hydrogen-bond acceptors (Lipinski definition) is 6. The SMILES string of the molecule is CCCCC/C=C\C/C=C\CCCCCCCCCCCC(=O)NC(COP(=O)([O-])OCC[N+](C)(C)C)C(O)/C=C/CC/C=C/CC/C=C/CCCCCCC. The Morgan fingerprint density at radius 3 is 1.59 bits per heavy atom. The average Bonchev–Trinajstić information content (AvgIpc) is 3.15. The number of phosphoric acid groups is 1. The molecule has 0 spiro atoms. The van der Waals surface area contributed by atoms with Crippen molar-refractivity contribution in [2.45, 2.75) is 193 Å². The topological polar surface area (TPSA) is 108 Å². The van der Waals surface area contributed by atoms with Gasteiger partial charge in [-0.1, -0.05) is 158 Å². The zero-order valence-electron chi connectivity index (χ0n) is 36.8. The summed E-state index contributed by atoms with van der Waals surface area (Å²) < 4.78 is 23.2. The summed E-state index contributed by atoms with van der Waals surface area (Å²) in [6, 6.07) is -0.912. The molecule has 0 aliphatic rings. The monoisotopic (exact) mass is 807 g/mol. The van der Waals surface area contributed by atoms with Gasteiger partial charge in [-0.2, -0.15) is 0 Å². The Morgan fingerprint density at radius 2 is 1.05 bits per heavy atom. The molecular weight excluding hydrogens is 719 g/mol. The third kappa shape index (κ3) is 40.4. The van der Waals surface area contributed by atoms with Gasteiger partial charge in [0.05, 0.1) is 39.9 Å². The Morgan fingerprint density at radius 1 is 0.625 bits per heavy atom. The fourth-order valence-electron chi connectivity index (χ4n) is 6.04. The molecule has 56 heavy (non-hydrogen) atoms. The Kier molecular flexibility index (Phi) is 37.5. The van der Waals surface area contributed by atoms with Crippen LogP contribution in [0, 0.1) is 0 Å². The number of quaternary nitrogens is 1. The molecule has 0 aliphatic heterocycles. The van der Waals surface area contributed by atoms with Gasteiger partial charge in [-0.15, -0.1) is 0 Å². The molecule has 326 valence electrons.